The Morgan fingerprint density at radius 1 is 1.24 bits per heavy atom. The molecule has 0 saturated carbocycles. The molecule has 5 N–H and O–H groups in total. The molecule has 0 radical (unpaired) electrons. The molecule has 1 heterocycles. The zero-order chi connectivity index (χ0) is 21.6. The molecular weight excluding hydrogens is 463 g/mol. The number of nitrogens with zero attached hydrogens (tertiary/aromatic N) is 2. The molecule has 29 heavy (non-hydrogen) atoms. The Balaban J connectivity index is 0.000000207. The van der Waals surface area contributed by atoms with Gasteiger partial charge in [0.2, 0.25) is 5.96 Å². The molecule has 0 aromatic heterocycles. The molecule has 0 aliphatic carbocycles. The maximum Gasteiger partial charge on any atom is 0.265 e. The summed E-state index contributed by atoms with van der Waals surface area (Å²) >= 11 is 17.4. The second-order valence-electron chi connectivity index (χ2n) is 5.41. The smallest absolute Gasteiger partial charge is 0.265 e. The second kappa shape index (κ2) is 9.90. The zero-order valence-corrected chi connectivity index (χ0v) is 17.8. The van der Waals surface area contributed by atoms with Crippen molar-refractivity contribution in [2.75, 3.05) is 0 Å². The van der Waals surface area contributed by atoms with E-state index in [0.717, 1.165) is 0 Å². The van der Waals surface area contributed by atoms with Crippen molar-refractivity contribution in [3.05, 3.63) is 57.0 Å². The van der Waals surface area contributed by atoms with E-state index < -0.39 is 10.0 Å². The van der Waals surface area contributed by atoms with Crippen LogP contribution in [0, 0.1) is 5.41 Å². The first-order chi connectivity index (χ1) is 13.6. The van der Waals surface area contributed by atoms with Gasteiger partial charge in [-0.05, 0) is 37.3 Å². The Morgan fingerprint density at radius 2 is 1.90 bits per heavy atom. The molecular formula is C16H15Cl3N6O3S. The predicted octanol–water partition coefficient (Wildman–Crippen LogP) is 3.51. The molecule has 0 bridgehead atoms. The van der Waals surface area contributed by atoms with Gasteiger partial charge in [0.25, 0.3) is 10.0 Å². The van der Waals surface area contributed by atoms with Crippen LogP contribution in [-0.4, -0.2) is 31.6 Å². The number of hydroxylamine groups is 1. The number of rotatable bonds is 2. The third-order valence-corrected chi connectivity index (χ3v) is 5.63. The standard InChI is InChI=1S/C8H8Cl2N4O.C8H7ClN2O2S/c9-6-2-1-3-7(10)5(6)4-12-13-8(11)14-15;1-5-10-7-3-2-6(9)4-8(7)14(12,13)11-5/h1-4,15H,(H3,11,13,14);2-4H,1H3,(H,10,11)/b12-4+;. The van der Waals surface area contributed by atoms with Gasteiger partial charge in [0.05, 0.1) is 21.9 Å². The third kappa shape index (κ3) is 6.31. The highest BCUT2D eigenvalue weighted by molar-refractivity contribution is 7.90. The molecule has 0 saturated heterocycles. The van der Waals surface area contributed by atoms with E-state index in [1.807, 2.05) is 0 Å². The molecule has 1 aliphatic heterocycles. The Morgan fingerprint density at radius 3 is 2.52 bits per heavy atom. The molecule has 9 nitrogen and oxygen atoms in total. The van der Waals surface area contributed by atoms with Crippen LogP contribution >= 0.6 is 34.8 Å². The number of guanidine groups is 1. The van der Waals surface area contributed by atoms with Gasteiger partial charge in [-0.15, -0.1) is 0 Å². The summed E-state index contributed by atoms with van der Waals surface area (Å²) in [4.78, 5) is 4.17. The summed E-state index contributed by atoms with van der Waals surface area (Å²) in [6, 6.07) is 9.63. The van der Waals surface area contributed by atoms with Gasteiger partial charge in [0, 0.05) is 10.6 Å². The Bertz CT molecular complexity index is 1070. The van der Waals surface area contributed by atoms with Crippen molar-refractivity contribution in [3.63, 3.8) is 0 Å². The highest BCUT2D eigenvalue weighted by Crippen LogP contribution is 2.29. The Hall–Kier alpha value is -2.37. The predicted molar refractivity (Wildman–Crippen MR) is 114 cm³/mol. The van der Waals surface area contributed by atoms with Crippen LogP contribution in [-0.2, 0) is 10.0 Å². The van der Waals surface area contributed by atoms with Crippen LogP contribution in [0.1, 0.15) is 12.5 Å². The lowest BCUT2D eigenvalue weighted by molar-refractivity contribution is 0.228. The molecule has 1 aliphatic rings. The van der Waals surface area contributed by atoms with Crippen LogP contribution in [0.15, 0.2) is 51.4 Å². The summed E-state index contributed by atoms with van der Waals surface area (Å²) in [6.45, 7) is 1.59. The first-order valence-corrected chi connectivity index (χ1v) is 10.3. The van der Waals surface area contributed by atoms with E-state index in [1.54, 1.807) is 42.7 Å². The van der Waals surface area contributed by atoms with E-state index in [9.17, 15) is 8.42 Å². The molecule has 0 spiro atoms. The van der Waals surface area contributed by atoms with Crippen LogP contribution in [0.3, 0.4) is 0 Å². The number of hydrogen-bond donors (Lipinski definition) is 5. The van der Waals surface area contributed by atoms with Crippen molar-refractivity contribution >= 4 is 68.5 Å². The summed E-state index contributed by atoms with van der Waals surface area (Å²) in [6.07, 6.45) is 1.36. The van der Waals surface area contributed by atoms with Gasteiger partial charge in [-0.3, -0.25) is 15.3 Å². The van der Waals surface area contributed by atoms with Gasteiger partial charge < -0.3 is 0 Å². The van der Waals surface area contributed by atoms with Crippen molar-refractivity contribution in [1.82, 2.24) is 15.6 Å². The normalized spacial score (nSPS) is 14.0. The summed E-state index contributed by atoms with van der Waals surface area (Å²) < 4.78 is 25.5. The van der Waals surface area contributed by atoms with E-state index in [0.29, 0.717) is 32.2 Å². The first kappa shape index (κ1) is 22.9. The Kier molecular flexibility index (Phi) is 7.82. The average molecular weight is 478 g/mol. The van der Waals surface area contributed by atoms with Gasteiger partial charge in [0.1, 0.15) is 10.7 Å². The molecule has 0 atom stereocenters. The first-order valence-electron chi connectivity index (χ1n) is 7.73. The monoisotopic (exact) mass is 476 g/mol. The van der Waals surface area contributed by atoms with E-state index in [2.05, 4.69) is 20.2 Å². The number of sulfonamides is 1. The highest BCUT2D eigenvalue weighted by atomic mass is 35.5. The number of amidine groups is 1. The number of hydrazone groups is 1. The fourth-order valence-corrected chi connectivity index (χ4v) is 4.02. The summed E-state index contributed by atoms with van der Waals surface area (Å²) in [5, 5.41) is 20.2. The van der Waals surface area contributed by atoms with Crippen LogP contribution in [0.5, 0.6) is 0 Å². The van der Waals surface area contributed by atoms with E-state index in [-0.39, 0.29) is 10.9 Å². The van der Waals surface area contributed by atoms with Gasteiger partial charge in [-0.2, -0.15) is 5.10 Å². The van der Waals surface area contributed by atoms with Crippen molar-refractivity contribution in [2.24, 2.45) is 10.1 Å². The van der Waals surface area contributed by atoms with Crippen LogP contribution in [0.2, 0.25) is 15.1 Å². The summed E-state index contributed by atoms with van der Waals surface area (Å²) in [7, 11) is -3.48. The highest BCUT2D eigenvalue weighted by Gasteiger charge is 2.23. The number of benzene rings is 2. The number of fused-ring (bicyclic) bond motifs is 1. The third-order valence-electron chi connectivity index (χ3n) is 3.26. The topological polar surface area (TPSA) is 139 Å². The number of aliphatic imine (C=N–C) groups is 1. The van der Waals surface area contributed by atoms with Gasteiger partial charge >= 0.3 is 0 Å². The quantitative estimate of drug-likeness (QED) is 0.256. The van der Waals surface area contributed by atoms with Gasteiger partial charge in [0.15, 0.2) is 0 Å². The van der Waals surface area contributed by atoms with Crippen molar-refractivity contribution in [1.29, 1.82) is 5.41 Å². The zero-order valence-electron chi connectivity index (χ0n) is 14.7. The lowest BCUT2D eigenvalue weighted by Gasteiger charge is -2.15. The molecule has 154 valence electrons. The van der Waals surface area contributed by atoms with E-state index in [4.69, 9.17) is 45.4 Å². The fraction of sp³-hybridized carbons (Fsp3) is 0.0625. The second-order valence-corrected chi connectivity index (χ2v) is 8.31. The van der Waals surface area contributed by atoms with E-state index in [1.165, 1.54) is 12.3 Å². The average Bonchev–Trinajstić information content (AvgIpc) is 2.64. The SMILES string of the molecule is CC1=Nc2ccc(Cl)cc2S(=O)(=O)N1.N=C(NO)N/N=C/c1c(Cl)cccc1Cl. The molecule has 0 unspecified atom stereocenters. The molecule has 0 amide bonds. The minimum atomic E-state index is -3.48. The number of nitrogens with one attached hydrogen (secondary N) is 4. The minimum absolute atomic E-state index is 0.121. The number of hydrogen-bond acceptors (Lipinski definition) is 6. The minimum Gasteiger partial charge on any atom is -0.288 e. The number of halogens is 3. The van der Waals surface area contributed by atoms with E-state index >= 15 is 0 Å². The summed E-state index contributed by atoms with van der Waals surface area (Å²) in [5.74, 6) is 0.00856. The van der Waals surface area contributed by atoms with Crippen molar-refractivity contribution in [2.45, 2.75) is 11.8 Å². The summed E-state index contributed by atoms with van der Waals surface area (Å²) in [5.41, 5.74) is 4.75. The Labute approximate surface area is 181 Å². The molecule has 2 aromatic carbocycles. The van der Waals surface area contributed by atoms with Crippen molar-refractivity contribution < 1.29 is 13.6 Å². The molecule has 13 heteroatoms. The van der Waals surface area contributed by atoms with Crippen molar-refractivity contribution in [3.8, 4) is 0 Å². The largest absolute Gasteiger partial charge is 0.288 e. The lowest BCUT2D eigenvalue weighted by atomic mass is 10.2. The van der Waals surface area contributed by atoms with Crippen LogP contribution < -0.4 is 15.6 Å². The maximum atomic E-state index is 11.6. The van der Waals surface area contributed by atoms with Crippen LogP contribution in [0.25, 0.3) is 0 Å². The van der Waals surface area contributed by atoms with Gasteiger partial charge in [-0.1, -0.05) is 40.9 Å². The lowest BCUT2D eigenvalue weighted by Crippen LogP contribution is -2.31. The van der Waals surface area contributed by atoms with Crippen LogP contribution in [0.4, 0.5) is 5.69 Å². The maximum absolute atomic E-state index is 11.6. The molecule has 3 rings (SSSR count). The molecule has 2 aromatic rings. The fourth-order valence-electron chi connectivity index (χ4n) is 2.07. The van der Waals surface area contributed by atoms with Gasteiger partial charge in [-0.25, -0.2) is 24.3 Å². The molecule has 0 fully saturated rings.